The summed E-state index contributed by atoms with van der Waals surface area (Å²) in [5, 5.41) is 0. The highest BCUT2D eigenvalue weighted by Gasteiger charge is 2.20. The normalized spacial score (nSPS) is 14.8. The third kappa shape index (κ3) is 7.96. The lowest BCUT2D eigenvalue weighted by atomic mass is 9.98. The van der Waals surface area contributed by atoms with Crippen molar-refractivity contribution in [1.29, 1.82) is 0 Å². The van der Waals surface area contributed by atoms with Gasteiger partial charge >= 0.3 is 0 Å². The van der Waals surface area contributed by atoms with Crippen LogP contribution in [0.2, 0.25) is 0 Å². The highest BCUT2D eigenvalue weighted by molar-refractivity contribution is 4.60. The Labute approximate surface area is 74.4 Å². The van der Waals surface area contributed by atoms with Gasteiger partial charge in [0.05, 0.1) is 0 Å². The Morgan fingerprint density at radius 2 is 1.83 bits per heavy atom. The van der Waals surface area contributed by atoms with E-state index in [0.29, 0.717) is 12.3 Å². The molecule has 0 aromatic carbocycles. The minimum atomic E-state index is -2.47. The van der Waals surface area contributed by atoms with Gasteiger partial charge in [0.1, 0.15) is 0 Å². The van der Waals surface area contributed by atoms with Gasteiger partial charge in [-0.25, -0.2) is 8.78 Å². The molecule has 2 heteroatoms. The maximum atomic E-state index is 12.4. The molecule has 0 radical (unpaired) electrons. The van der Waals surface area contributed by atoms with Crippen LogP contribution in [-0.2, 0) is 0 Å². The first-order valence-corrected chi connectivity index (χ1v) is 4.83. The molecule has 1 atom stereocenters. The van der Waals surface area contributed by atoms with Crippen LogP contribution in [0.5, 0.6) is 0 Å². The number of rotatable bonds is 6. The maximum absolute atomic E-state index is 12.4. The van der Waals surface area contributed by atoms with E-state index in [0.717, 1.165) is 26.2 Å². The molecule has 0 spiro atoms. The van der Waals surface area contributed by atoms with Gasteiger partial charge in [-0.05, 0) is 19.3 Å². The SMILES string of the molecule is CCCC(C)CCCC(C)(F)F. The first kappa shape index (κ1) is 11.9. The second-order valence-electron chi connectivity index (χ2n) is 3.86. The molecule has 0 amide bonds. The van der Waals surface area contributed by atoms with Crippen LogP contribution in [0, 0.1) is 5.92 Å². The average molecular weight is 178 g/mol. The van der Waals surface area contributed by atoms with Crippen molar-refractivity contribution >= 4 is 0 Å². The zero-order valence-electron chi connectivity index (χ0n) is 8.37. The van der Waals surface area contributed by atoms with Crippen LogP contribution >= 0.6 is 0 Å². The van der Waals surface area contributed by atoms with Crippen molar-refractivity contribution in [2.24, 2.45) is 5.92 Å². The second kappa shape index (κ2) is 5.50. The Balaban J connectivity index is 3.31. The van der Waals surface area contributed by atoms with Crippen LogP contribution < -0.4 is 0 Å². The van der Waals surface area contributed by atoms with Crippen molar-refractivity contribution in [2.45, 2.75) is 58.8 Å². The molecular formula is C10H20F2. The molecule has 0 saturated heterocycles. The topological polar surface area (TPSA) is 0 Å². The standard InChI is InChI=1S/C10H20F2/c1-4-6-9(2)7-5-8-10(3,11)12/h9H,4-8H2,1-3H3. The lowest BCUT2D eigenvalue weighted by Gasteiger charge is -2.12. The van der Waals surface area contributed by atoms with Gasteiger partial charge in [-0.2, -0.15) is 0 Å². The van der Waals surface area contributed by atoms with Crippen molar-refractivity contribution in [2.75, 3.05) is 0 Å². The molecule has 12 heavy (non-hydrogen) atoms. The third-order valence-electron chi connectivity index (χ3n) is 2.09. The van der Waals surface area contributed by atoms with Gasteiger partial charge < -0.3 is 0 Å². The molecule has 0 saturated carbocycles. The molecular weight excluding hydrogens is 158 g/mol. The van der Waals surface area contributed by atoms with Crippen molar-refractivity contribution < 1.29 is 8.78 Å². The molecule has 0 bridgehead atoms. The summed E-state index contributed by atoms with van der Waals surface area (Å²) in [6.45, 7) is 5.26. The van der Waals surface area contributed by atoms with Gasteiger partial charge in [-0.1, -0.05) is 33.1 Å². The summed E-state index contributed by atoms with van der Waals surface area (Å²) >= 11 is 0. The Morgan fingerprint density at radius 1 is 1.25 bits per heavy atom. The predicted molar refractivity (Wildman–Crippen MR) is 48.5 cm³/mol. The Morgan fingerprint density at radius 3 is 2.25 bits per heavy atom. The fourth-order valence-electron chi connectivity index (χ4n) is 1.40. The molecule has 0 aromatic heterocycles. The molecule has 1 unspecified atom stereocenters. The van der Waals surface area contributed by atoms with E-state index in [-0.39, 0.29) is 6.42 Å². The van der Waals surface area contributed by atoms with E-state index in [2.05, 4.69) is 13.8 Å². The van der Waals surface area contributed by atoms with Crippen molar-refractivity contribution in [1.82, 2.24) is 0 Å². The molecule has 0 aromatic rings. The summed E-state index contributed by atoms with van der Waals surface area (Å²) in [5.41, 5.74) is 0. The van der Waals surface area contributed by atoms with E-state index in [1.165, 1.54) is 0 Å². The van der Waals surface area contributed by atoms with Crippen LogP contribution in [0.3, 0.4) is 0 Å². The second-order valence-corrected chi connectivity index (χ2v) is 3.86. The quantitative estimate of drug-likeness (QED) is 0.570. The third-order valence-corrected chi connectivity index (χ3v) is 2.09. The van der Waals surface area contributed by atoms with Crippen LogP contribution in [0.4, 0.5) is 8.78 Å². The fourth-order valence-corrected chi connectivity index (χ4v) is 1.40. The molecule has 0 rings (SSSR count). The molecule has 0 heterocycles. The molecule has 74 valence electrons. The first-order chi connectivity index (χ1) is 5.45. The first-order valence-electron chi connectivity index (χ1n) is 4.83. The highest BCUT2D eigenvalue weighted by Crippen LogP contribution is 2.22. The van der Waals surface area contributed by atoms with E-state index in [9.17, 15) is 8.78 Å². The lowest BCUT2D eigenvalue weighted by Crippen LogP contribution is -2.09. The summed E-state index contributed by atoms with van der Waals surface area (Å²) in [6.07, 6.45) is 3.96. The Bertz CT molecular complexity index is 105. The van der Waals surface area contributed by atoms with Gasteiger partial charge in [0.15, 0.2) is 0 Å². The fraction of sp³-hybridized carbons (Fsp3) is 1.00. The summed E-state index contributed by atoms with van der Waals surface area (Å²) in [7, 11) is 0. The molecule has 0 aliphatic heterocycles. The van der Waals surface area contributed by atoms with Gasteiger partial charge in [-0.15, -0.1) is 0 Å². The summed E-state index contributed by atoms with van der Waals surface area (Å²) < 4.78 is 24.7. The average Bonchev–Trinajstić information content (AvgIpc) is 1.84. The monoisotopic (exact) mass is 178 g/mol. The zero-order valence-corrected chi connectivity index (χ0v) is 8.37. The number of hydrogen-bond acceptors (Lipinski definition) is 0. The van der Waals surface area contributed by atoms with E-state index >= 15 is 0 Å². The molecule has 0 nitrogen and oxygen atoms in total. The smallest absolute Gasteiger partial charge is 0.207 e. The largest absolute Gasteiger partial charge is 0.245 e. The Kier molecular flexibility index (Phi) is 5.43. The van der Waals surface area contributed by atoms with E-state index in [1.54, 1.807) is 0 Å². The predicted octanol–water partition coefficient (Wildman–Crippen LogP) is 4.25. The van der Waals surface area contributed by atoms with Gasteiger partial charge in [0, 0.05) is 6.42 Å². The molecule has 0 aliphatic carbocycles. The van der Waals surface area contributed by atoms with Crippen LogP contribution in [0.1, 0.15) is 52.9 Å². The van der Waals surface area contributed by atoms with Crippen LogP contribution in [-0.4, -0.2) is 5.92 Å². The number of alkyl halides is 2. The van der Waals surface area contributed by atoms with Gasteiger partial charge in [0.2, 0.25) is 5.92 Å². The summed E-state index contributed by atoms with van der Waals surface area (Å²) in [6, 6.07) is 0. The van der Waals surface area contributed by atoms with Crippen molar-refractivity contribution in [3.8, 4) is 0 Å². The number of hydrogen-bond donors (Lipinski definition) is 0. The van der Waals surface area contributed by atoms with E-state index < -0.39 is 5.92 Å². The highest BCUT2D eigenvalue weighted by atomic mass is 19.3. The molecule has 0 N–H and O–H groups in total. The zero-order chi connectivity index (χ0) is 9.61. The van der Waals surface area contributed by atoms with Crippen molar-refractivity contribution in [3.63, 3.8) is 0 Å². The minimum Gasteiger partial charge on any atom is -0.207 e. The summed E-state index contributed by atoms with van der Waals surface area (Å²) in [5.74, 6) is -1.86. The minimum absolute atomic E-state index is 0.0427. The number of halogens is 2. The molecule has 0 aliphatic rings. The van der Waals surface area contributed by atoms with Gasteiger partial charge in [-0.3, -0.25) is 0 Å². The lowest BCUT2D eigenvalue weighted by molar-refractivity contribution is 0.00951. The molecule has 0 fully saturated rings. The van der Waals surface area contributed by atoms with Crippen LogP contribution in [0.15, 0.2) is 0 Å². The van der Waals surface area contributed by atoms with Gasteiger partial charge in [0.25, 0.3) is 0 Å². The van der Waals surface area contributed by atoms with E-state index in [4.69, 9.17) is 0 Å². The van der Waals surface area contributed by atoms with E-state index in [1.807, 2.05) is 0 Å². The summed E-state index contributed by atoms with van der Waals surface area (Å²) in [4.78, 5) is 0. The van der Waals surface area contributed by atoms with Crippen LogP contribution in [0.25, 0.3) is 0 Å². The maximum Gasteiger partial charge on any atom is 0.245 e. The van der Waals surface area contributed by atoms with Crippen molar-refractivity contribution in [3.05, 3.63) is 0 Å². The Hall–Kier alpha value is -0.140.